The van der Waals surface area contributed by atoms with E-state index in [1.54, 1.807) is 0 Å². The largest absolute Gasteiger partial charge is 0.338 e. The van der Waals surface area contributed by atoms with E-state index in [1.165, 1.54) is 57.8 Å². The molecule has 1 saturated heterocycles. The standard InChI is InChI=1S/C20H37N3O2/c1-16(2)23-15-18(14-19(23)24)22-20(25)21-17-12-10-8-6-4-3-5-7-9-11-13-17/h16-18H,3-15H2,1-2H3,(H2,21,22,25). The third kappa shape index (κ3) is 7.25. The minimum absolute atomic E-state index is 0.0545. The van der Waals surface area contributed by atoms with E-state index in [0.717, 1.165) is 12.8 Å². The summed E-state index contributed by atoms with van der Waals surface area (Å²) in [5, 5.41) is 6.19. The van der Waals surface area contributed by atoms with Gasteiger partial charge in [0, 0.05) is 25.0 Å². The van der Waals surface area contributed by atoms with Gasteiger partial charge in [0.1, 0.15) is 0 Å². The van der Waals surface area contributed by atoms with Gasteiger partial charge in [-0.15, -0.1) is 0 Å². The van der Waals surface area contributed by atoms with E-state index in [0.29, 0.717) is 13.0 Å². The molecule has 0 aromatic heterocycles. The normalized spacial score (nSPS) is 24.7. The Kier molecular flexibility index (Phi) is 8.56. The van der Waals surface area contributed by atoms with Gasteiger partial charge in [-0.25, -0.2) is 4.79 Å². The SMILES string of the molecule is CC(C)N1CC(NC(=O)NC2CCCCCCCCCCC2)CC1=O. The first-order valence-corrected chi connectivity index (χ1v) is 10.4. The molecule has 5 heteroatoms. The monoisotopic (exact) mass is 351 g/mol. The number of carbonyl (C=O) groups is 2. The molecule has 5 nitrogen and oxygen atoms in total. The topological polar surface area (TPSA) is 61.4 Å². The predicted molar refractivity (Wildman–Crippen MR) is 101 cm³/mol. The maximum atomic E-state index is 12.4. The van der Waals surface area contributed by atoms with E-state index in [-0.39, 0.29) is 30.1 Å². The molecular formula is C20H37N3O2. The fourth-order valence-electron chi connectivity index (χ4n) is 4.05. The molecule has 0 bridgehead atoms. The van der Waals surface area contributed by atoms with E-state index < -0.39 is 0 Å². The highest BCUT2D eigenvalue weighted by Gasteiger charge is 2.32. The Morgan fingerprint density at radius 3 is 1.84 bits per heavy atom. The van der Waals surface area contributed by atoms with Crippen molar-refractivity contribution in [2.45, 2.75) is 109 Å². The highest BCUT2D eigenvalue weighted by molar-refractivity contribution is 5.82. The summed E-state index contributed by atoms with van der Waals surface area (Å²) in [5.74, 6) is 0.145. The number of nitrogens with one attached hydrogen (secondary N) is 2. The van der Waals surface area contributed by atoms with Crippen molar-refractivity contribution in [1.29, 1.82) is 0 Å². The number of carbonyl (C=O) groups excluding carboxylic acids is 2. The third-order valence-electron chi connectivity index (χ3n) is 5.56. The summed E-state index contributed by atoms with van der Waals surface area (Å²) < 4.78 is 0. The molecule has 25 heavy (non-hydrogen) atoms. The van der Waals surface area contributed by atoms with Crippen LogP contribution in [0.5, 0.6) is 0 Å². The molecule has 2 rings (SSSR count). The van der Waals surface area contributed by atoms with Gasteiger partial charge in [-0.3, -0.25) is 4.79 Å². The molecule has 0 aromatic carbocycles. The molecule has 144 valence electrons. The zero-order valence-corrected chi connectivity index (χ0v) is 16.2. The lowest BCUT2D eigenvalue weighted by molar-refractivity contribution is -0.129. The van der Waals surface area contributed by atoms with Gasteiger partial charge in [-0.05, 0) is 26.7 Å². The summed E-state index contributed by atoms with van der Waals surface area (Å²) in [6.45, 7) is 4.67. The Bertz CT molecular complexity index is 413. The number of hydrogen-bond acceptors (Lipinski definition) is 2. The summed E-state index contributed by atoms with van der Waals surface area (Å²) in [6.07, 6.45) is 14.3. The number of rotatable bonds is 3. The van der Waals surface area contributed by atoms with Gasteiger partial charge in [0.2, 0.25) is 5.91 Å². The summed E-state index contributed by atoms with van der Waals surface area (Å²) in [6, 6.07) is 0.327. The molecule has 1 heterocycles. The second-order valence-electron chi connectivity index (χ2n) is 8.11. The van der Waals surface area contributed by atoms with Crippen molar-refractivity contribution < 1.29 is 9.59 Å². The van der Waals surface area contributed by atoms with Crippen LogP contribution in [-0.2, 0) is 4.79 Å². The average Bonchev–Trinajstić information content (AvgIpc) is 2.90. The first kappa shape index (κ1) is 20.1. The first-order valence-electron chi connectivity index (χ1n) is 10.4. The Hall–Kier alpha value is -1.26. The number of nitrogens with zero attached hydrogens (tertiary/aromatic N) is 1. The summed E-state index contributed by atoms with van der Waals surface area (Å²) in [5.41, 5.74) is 0. The molecule has 2 aliphatic rings. The van der Waals surface area contributed by atoms with Gasteiger partial charge in [0.25, 0.3) is 0 Å². The Balaban J connectivity index is 1.75. The quantitative estimate of drug-likeness (QED) is 0.808. The minimum atomic E-state index is -0.0968. The van der Waals surface area contributed by atoms with Crippen LogP contribution in [0.3, 0.4) is 0 Å². The predicted octanol–water partition coefficient (Wildman–Crippen LogP) is 3.97. The fraction of sp³-hybridized carbons (Fsp3) is 0.900. The number of likely N-dealkylation sites (tertiary alicyclic amines) is 1. The van der Waals surface area contributed by atoms with E-state index in [2.05, 4.69) is 10.6 Å². The molecular weight excluding hydrogens is 314 g/mol. The van der Waals surface area contributed by atoms with Crippen molar-refractivity contribution >= 4 is 11.9 Å². The van der Waals surface area contributed by atoms with Gasteiger partial charge in [-0.2, -0.15) is 0 Å². The van der Waals surface area contributed by atoms with Gasteiger partial charge in [-0.1, -0.05) is 57.8 Å². The molecule has 0 radical (unpaired) electrons. The number of urea groups is 1. The second-order valence-corrected chi connectivity index (χ2v) is 8.11. The zero-order chi connectivity index (χ0) is 18.1. The molecule has 2 fully saturated rings. The number of amides is 3. The van der Waals surface area contributed by atoms with Crippen molar-refractivity contribution in [3.05, 3.63) is 0 Å². The maximum Gasteiger partial charge on any atom is 0.315 e. The third-order valence-corrected chi connectivity index (χ3v) is 5.56. The molecule has 3 amide bonds. The highest BCUT2D eigenvalue weighted by Crippen LogP contribution is 2.17. The lowest BCUT2D eigenvalue weighted by Crippen LogP contribution is -2.47. The van der Waals surface area contributed by atoms with Crippen molar-refractivity contribution in [2.75, 3.05) is 6.54 Å². The summed E-state index contributed by atoms with van der Waals surface area (Å²) >= 11 is 0. The fourth-order valence-corrected chi connectivity index (χ4v) is 4.05. The molecule has 1 aliphatic carbocycles. The van der Waals surface area contributed by atoms with Gasteiger partial charge < -0.3 is 15.5 Å². The zero-order valence-electron chi connectivity index (χ0n) is 16.2. The van der Waals surface area contributed by atoms with Crippen LogP contribution >= 0.6 is 0 Å². The minimum Gasteiger partial charge on any atom is -0.338 e. The van der Waals surface area contributed by atoms with Gasteiger partial charge in [0.15, 0.2) is 0 Å². The van der Waals surface area contributed by atoms with Gasteiger partial charge >= 0.3 is 6.03 Å². The van der Waals surface area contributed by atoms with E-state index in [9.17, 15) is 9.59 Å². The molecule has 2 N–H and O–H groups in total. The lowest BCUT2D eigenvalue weighted by Gasteiger charge is -2.23. The van der Waals surface area contributed by atoms with Crippen molar-refractivity contribution in [2.24, 2.45) is 0 Å². The Morgan fingerprint density at radius 2 is 1.36 bits per heavy atom. The lowest BCUT2D eigenvalue weighted by atomic mass is 9.98. The number of hydrogen-bond donors (Lipinski definition) is 2. The van der Waals surface area contributed by atoms with Crippen LogP contribution in [0.1, 0.15) is 90.9 Å². The van der Waals surface area contributed by atoms with Gasteiger partial charge in [0.05, 0.1) is 6.04 Å². The average molecular weight is 352 g/mol. The van der Waals surface area contributed by atoms with Crippen LogP contribution in [0.4, 0.5) is 4.79 Å². The van der Waals surface area contributed by atoms with Crippen molar-refractivity contribution in [3.63, 3.8) is 0 Å². The molecule has 0 spiro atoms. The Labute approximate surface area is 153 Å². The molecule has 1 saturated carbocycles. The maximum absolute atomic E-state index is 12.4. The van der Waals surface area contributed by atoms with E-state index in [1.807, 2.05) is 18.7 Å². The van der Waals surface area contributed by atoms with Crippen LogP contribution in [0.15, 0.2) is 0 Å². The van der Waals surface area contributed by atoms with Crippen LogP contribution in [0.2, 0.25) is 0 Å². The highest BCUT2D eigenvalue weighted by atomic mass is 16.2. The van der Waals surface area contributed by atoms with Crippen LogP contribution < -0.4 is 10.6 Å². The van der Waals surface area contributed by atoms with Crippen LogP contribution in [0, 0.1) is 0 Å². The van der Waals surface area contributed by atoms with Crippen molar-refractivity contribution in [3.8, 4) is 0 Å². The van der Waals surface area contributed by atoms with Crippen LogP contribution in [-0.4, -0.2) is 41.5 Å². The van der Waals surface area contributed by atoms with Crippen molar-refractivity contribution in [1.82, 2.24) is 15.5 Å². The molecule has 1 atom stereocenters. The van der Waals surface area contributed by atoms with E-state index in [4.69, 9.17) is 0 Å². The first-order chi connectivity index (χ1) is 12.1. The second kappa shape index (κ2) is 10.7. The van der Waals surface area contributed by atoms with Crippen LogP contribution in [0.25, 0.3) is 0 Å². The smallest absolute Gasteiger partial charge is 0.315 e. The molecule has 1 unspecified atom stereocenters. The molecule has 1 aliphatic heterocycles. The molecule has 0 aromatic rings. The summed E-state index contributed by atoms with van der Waals surface area (Å²) in [4.78, 5) is 26.2. The van der Waals surface area contributed by atoms with E-state index >= 15 is 0 Å². The summed E-state index contributed by atoms with van der Waals surface area (Å²) in [7, 11) is 0. The Morgan fingerprint density at radius 1 is 0.880 bits per heavy atom.